The number of nitrogens with two attached hydrogens (primary N) is 1. The molecule has 1 fully saturated rings. The molecule has 1 aromatic carbocycles. The van der Waals surface area contributed by atoms with Gasteiger partial charge in [-0.3, -0.25) is 4.79 Å². The summed E-state index contributed by atoms with van der Waals surface area (Å²) in [6.07, 6.45) is 5.69. The molecule has 3 aromatic rings. The number of nitrogens with zero attached hydrogens (tertiary/aromatic N) is 2. The minimum atomic E-state index is -0.469. The topological polar surface area (TPSA) is 84.5 Å². The monoisotopic (exact) mass is 335 g/mol. The molecule has 1 atom stereocenters. The van der Waals surface area contributed by atoms with E-state index in [-0.39, 0.29) is 6.04 Å². The second-order valence-electron chi connectivity index (χ2n) is 6.41. The van der Waals surface area contributed by atoms with Crippen LogP contribution >= 0.6 is 0 Å². The van der Waals surface area contributed by atoms with Gasteiger partial charge in [0.2, 0.25) is 0 Å². The Labute approximate surface area is 146 Å². The lowest BCUT2D eigenvalue weighted by Gasteiger charge is -2.25. The standard InChI is InChI=1S/C19H21N5O/c20-19(25)16-11-22-24-12-14(13-5-2-1-3-6-13)9-17(24)18(16)23-15-7-4-8-21-10-15/h1-3,5-6,9,11-12,15,21,23H,4,7-8,10H2,(H2,20,25)/t15-/m0/s1. The van der Waals surface area contributed by atoms with Crippen molar-refractivity contribution in [2.45, 2.75) is 18.9 Å². The minimum Gasteiger partial charge on any atom is -0.379 e. The van der Waals surface area contributed by atoms with E-state index in [0.29, 0.717) is 5.56 Å². The molecule has 0 bridgehead atoms. The molecule has 6 heteroatoms. The van der Waals surface area contributed by atoms with E-state index in [1.807, 2.05) is 30.5 Å². The molecule has 1 aliphatic rings. The van der Waals surface area contributed by atoms with Crippen LogP contribution in [0.5, 0.6) is 0 Å². The van der Waals surface area contributed by atoms with E-state index in [1.165, 1.54) is 0 Å². The number of piperidine rings is 1. The lowest BCUT2D eigenvalue weighted by molar-refractivity contribution is 0.100. The molecule has 0 spiro atoms. The van der Waals surface area contributed by atoms with E-state index >= 15 is 0 Å². The largest absolute Gasteiger partial charge is 0.379 e. The van der Waals surface area contributed by atoms with Crippen LogP contribution in [0.25, 0.3) is 16.6 Å². The molecule has 4 rings (SSSR count). The van der Waals surface area contributed by atoms with Crippen molar-refractivity contribution in [3.8, 4) is 11.1 Å². The first kappa shape index (κ1) is 15.7. The second kappa shape index (κ2) is 6.57. The van der Waals surface area contributed by atoms with E-state index in [4.69, 9.17) is 5.73 Å². The highest BCUT2D eigenvalue weighted by Gasteiger charge is 2.20. The molecule has 25 heavy (non-hydrogen) atoms. The fraction of sp³-hybridized carbons (Fsp3) is 0.263. The third-order valence-corrected chi connectivity index (χ3v) is 4.66. The van der Waals surface area contributed by atoms with Crippen molar-refractivity contribution in [3.63, 3.8) is 0 Å². The summed E-state index contributed by atoms with van der Waals surface area (Å²) >= 11 is 0. The third-order valence-electron chi connectivity index (χ3n) is 4.66. The molecule has 0 unspecified atom stereocenters. The Morgan fingerprint density at radius 2 is 2.12 bits per heavy atom. The maximum atomic E-state index is 11.9. The summed E-state index contributed by atoms with van der Waals surface area (Å²) in [6.45, 7) is 1.91. The molecule has 0 radical (unpaired) electrons. The van der Waals surface area contributed by atoms with Gasteiger partial charge >= 0.3 is 0 Å². The maximum Gasteiger partial charge on any atom is 0.252 e. The first-order valence-electron chi connectivity index (χ1n) is 8.56. The van der Waals surface area contributed by atoms with Crippen molar-refractivity contribution in [2.75, 3.05) is 18.4 Å². The van der Waals surface area contributed by atoms with E-state index < -0.39 is 5.91 Å². The minimum absolute atomic E-state index is 0.271. The summed E-state index contributed by atoms with van der Waals surface area (Å²) < 4.78 is 1.80. The number of anilines is 1. The lowest BCUT2D eigenvalue weighted by atomic mass is 10.1. The molecule has 4 N–H and O–H groups in total. The van der Waals surface area contributed by atoms with E-state index in [2.05, 4.69) is 27.9 Å². The molecule has 3 heterocycles. The Bertz CT molecular complexity index is 897. The molecule has 1 aliphatic heterocycles. The van der Waals surface area contributed by atoms with Crippen LogP contribution in [0.1, 0.15) is 23.2 Å². The number of carbonyl (C=O) groups is 1. The van der Waals surface area contributed by atoms with Gasteiger partial charge in [0.1, 0.15) is 0 Å². The fourth-order valence-electron chi connectivity index (χ4n) is 3.36. The smallest absolute Gasteiger partial charge is 0.252 e. The Balaban J connectivity index is 1.80. The molecule has 2 aromatic heterocycles. The van der Waals surface area contributed by atoms with Gasteiger partial charge < -0.3 is 16.4 Å². The Morgan fingerprint density at radius 1 is 1.28 bits per heavy atom. The van der Waals surface area contributed by atoms with Crippen LogP contribution in [-0.2, 0) is 0 Å². The van der Waals surface area contributed by atoms with Crippen molar-refractivity contribution in [2.24, 2.45) is 5.73 Å². The van der Waals surface area contributed by atoms with Crippen molar-refractivity contribution in [1.82, 2.24) is 14.9 Å². The summed E-state index contributed by atoms with van der Waals surface area (Å²) in [4.78, 5) is 11.9. The first-order chi connectivity index (χ1) is 12.2. The third kappa shape index (κ3) is 3.08. The number of hydrogen-bond donors (Lipinski definition) is 3. The molecule has 1 amide bonds. The Kier molecular flexibility index (Phi) is 4.11. The molecular weight excluding hydrogens is 314 g/mol. The van der Waals surface area contributed by atoms with E-state index in [0.717, 1.165) is 48.3 Å². The number of rotatable bonds is 4. The van der Waals surface area contributed by atoms with Crippen LogP contribution in [0, 0.1) is 0 Å². The predicted octanol–water partition coefficient (Wildman–Crippen LogP) is 2.26. The summed E-state index contributed by atoms with van der Waals surface area (Å²) in [5, 5.41) is 11.3. The van der Waals surface area contributed by atoms with Gasteiger partial charge in [-0.05, 0) is 31.0 Å². The van der Waals surface area contributed by atoms with Gasteiger partial charge in [-0.1, -0.05) is 30.3 Å². The van der Waals surface area contributed by atoms with Gasteiger partial charge in [-0.2, -0.15) is 5.10 Å². The van der Waals surface area contributed by atoms with Gasteiger partial charge in [-0.25, -0.2) is 4.52 Å². The molecule has 1 saturated heterocycles. The van der Waals surface area contributed by atoms with Crippen LogP contribution in [0.3, 0.4) is 0 Å². The zero-order valence-electron chi connectivity index (χ0n) is 13.9. The predicted molar refractivity (Wildman–Crippen MR) is 98.7 cm³/mol. The van der Waals surface area contributed by atoms with Gasteiger partial charge in [0, 0.05) is 24.3 Å². The number of hydrogen-bond acceptors (Lipinski definition) is 4. The average molecular weight is 335 g/mol. The van der Waals surface area contributed by atoms with Crippen molar-refractivity contribution in [1.29, 1.82) is 0 Å². The highest BCUT2D eigenvalue weighted by atomic mass is 16.1. The van der Waals surface area contributed by atoms with Crippen molar-refractivity contribution < 1.29 is 4.79 Å². The van der Waals surface area contributed by atoms with Crippen LogP contribution in [-0.4, -0.2) is 34.7 Å². The van der Waals surface area contributed by atoms with Gasteiger partial charge in [0.25, 0.3) is 5.91 Å². The van der Waals surface area contributed by atoms with Gasteiger partial charge in [0.05, 0.1) is 23.0 Å². The first-order valence-corrected chi connectivity index (χ1v) is 8.56. The molecule has 0 saturated carbocycles. The van der Waals surface area contributed by atoms with Crippen molar-refractivity contribution in [3.05, 3.63) is 54.4 Å². The van der Waals surface area contributed by atoms with Gasteiger partial charge in [0.15, 0.2) is 0 Å². The molecule has 128 valence electrons. The number of carbonyl (C=O) groups excluding carboxylic acids is 1. The van der Waals surface area contributed by atoms with Crippen molar-refractivity contribution >= 4 is 17.1 Å². The van der Waals surface area contributed by atoms with Crippen LogP contribution in [0.2, 0.25) is 0 Å². The lowest BCUT2D eigenvalue weighted by Crippen LogP contribution is -2.39. The number of nitrogens with one attached hydrogen (secondary N) is 2. The highest BCUT2D eigenvalue weighted by Crippen LogP contribution is 2.29. The number of aromatic nitrogens is 2. The average Bonchev–Trinajstić information content (AvgIpc) is 3.08. The zero-order valence-corrected chi connectivity index (χ0v) is 13.9. The highest BCUT2D eigenvalue weighted by molar-refractivity contribution is 6.02. The Hall–Kier alpha value is -2.86. The number of benzene rings is 1. The SMILES string of the molecule is NC(=O)c1cnn2cc(-c3ccccc3)cc2c1N[C@H]1CCCNC1. The Morgan fingerprint density at radius 3 is 2.84 bits per heavy atom. The number of amides is 1. The van der Waals surface area contributed by atoms with Gasteiger partial charge in [-0.15, -0.1) is 0 Å². The molecular formula is C19H21N5O. The summed E-state index contributed by atoms with van der Waals surface area (Å²) in [5.41, 5.74) is 9.80. The zero-order chi connectivity index (χ0) is 17.2. The van der Waals surface area contributed by atoms with E-state index in [9.17, 15) is 4.79 Å². The summed E-state index contributed by atoms with van der Waals surface area (Å²) in [5.74, 6) is -0.469. The number of fused-ring (bicyclic) bond motifs is 1. The summed E-state index contributed by atoms with van der Waals surface area (Å²) in [6, 6.07) is 12.4. The van der Waals surface area contributed by atoms with E-state index in [1.54, 1.807) is 10.7 Å². The summed E-state index contributed by atoms with van der Waals surface area (Å²) in [7, 11) is 0. The van der Waals surface area contributed by atoms with Crippen LogP contribution < -0.4 is 16.4 Å². The quantitative estimate of drug-likeness (QED) is 0.683. The number of primary amides is 1. The van der Waals surface area contributed by atoms with Crippen LogP contribution in [0.15, 0.2) is 48.8 Å². The fourth-order valence-corrected chi connectivity index (χ4v) is 3.36. The normalized spacial score (nSPS) is 17.5. The second-order valence-corrected chi connectivity index (χ2v) is 6.41. The van der Waals surface area contributed by atoms with Crippen LogP contribution in [0.4, 0.5) is 5.69 Å². The molecule has 0 aliphatic carbocycles. The maximum absolute atomic E-state index is 11.9. The molecule has 6 nitrogen and oxygen atoms in total.